The molecule has 3 N–H and O–H groups in total. The van der Waals surface area contributed by atoms with E-state index >= 15 is 0 Å². The number of hydrogen-bond acceptors (Lipinski definition) is 2. The third kappa shape index (κ3) is 6.50. The number of guanidine groups is 1. The molecule has 17 heavy (non-hydrogen) atoms. The fourth-order valence-corrected chi connectivity index (χ4v) is 1.27. The molecular weight excluding hydrogens is 329 g/mol. The van der Waals surface area contributed by atoms with Gasteiger partial charge in [0.1, 0.15) is 0 Å². The molecular formula is C11H22IN5. The molecule has 1 heterocycles. The van der Waals surface area contributed by atoms with Crippen molar-refractivity contribution in [3.8, 4) is 0 Å². The number of nitrogens with one attached hydrogen (secondary N) is 1. The first-order chi connectivity index (χ1) is 7.59. The minimum Gasteiger partial charge on any atom is -0.370 e. The second kappa shape index (κ2) is 8.32. The Morgan fingerprint density at radius 3 is 2.82 bits per heavy atom. The van der Waals surface area contributed by atoms with E-state index in [1.54, 1.807) is 10.9 Å². The lowest BCUT2D eigenvalue weighted by Crippen LogP contribution is -2.33. The van der Waals surface area contributed by atoms with Gasteiger partial charge < -0.3 is 11.1 Å². The SMILES string of the molecule is CC(C)CCNC(N)=NCc1ccnn1C.I. The first-order valence-electron chi connectivity index (χ1n) is 5.60. The number of aliphatic imine (C=N–C) groups is 1. The molecule has 6 heteroatoms. The Morgan fingerprint density at radius 1 is 1.59 bits per heavy atom. The van der Waals surface area contributed by atoms with Crippen LogP contribution < -0.4 is 11.1 Å². The molecule has 0 aliphatic carbocycles. The molecule has 0 aliphatic heterocycles. The van der Waals surface area contributed by atoms with Gasteiger partial charge in [-0.25, -0.2) is 4.99 Å². The van der Waals surface area contributed by atoms with Crippen molar-refractivity contribution >= 4 is 29.9 Å². The highest BCUT2D eigenvalue weighted by Crippen LogP contribution is 1.98. The lowest BCUT2D eigenvalue weighted by molar-refractivity contribution is 0.576. The van der Waals surface area contributed by atoms with E-state index in [0.29, 0.717) is 18.4 Å². The molecule has 0 aliphatic rings. The standard InChI is InChI=1S/C11H21N5.HI/c1-9(2)4-6-13-11(12)14-8-10-5-7-15-16(10)3;/h5,7,9H,4,6,8H2,1-3H3,(H3,12,13,14);1H. The fraction of sp³-hybridized carbons (Fsp3) is 0.636. The van der Waals surface area contributed by atoms with Crippen LogP contribution >= 0.6 is 24.0 Å². The summed E-state index contributed by atoms with van der Waals surface area (Å²) in [5.74, 6) is 1.18. The smallest absolute Gasteiger partial charge is 0.188 e. The zero-order valence-corrected chi connectivity index (χ0v) is 13.0. The van der Waals surface area contributed by atoms with Crippen LogP contribution in [0.25, 0.3) is 0 Å². The van der Waals surface area contributed by atoms with Gasteiger partial charge in [0.15, 0.2) is 5.96 Å². The van der Waals surface area contributed by atoms with Gasteiger partial charge in [0, 0.05) is 19.8 Å². The maximum absolute atomic E-state index is 5.74. The molecule has 0 fully saturated rings. The average Bonchev–Trinajstić information content (AvgIpc) is 2.60. The summed E-state index contributed by atoms with van der Waals surface area (Å²) < 4.78 is 1.80. The minimum atomic E-state index is 0. The number of hydrogen-bond donors (Lipinski definition) is 2. The maximum atomic E-state index is 5.74. The summed E-state index contributed by atoms with van der Waals surface area (Å²) in [7, 11) is 1.90. The van der Waals surface area contributed by atoms with Crippen molar-refractivity contribution in [2.45, 2.75) is 26.8 Å². The molecule has 1 aromatic rings. The number of rotatable bonds is 5. The molecule has 0 aromatic carbocycles. The predicted molar refractivity (Wildman–Crippen MR) is 81.4 cm³/mol. The quantitative estimate of drug-likeness (QED) is 0.480. The average molecular weight is 351 g/mol. The summed E-state index contributed by atoms with van der Waals surface area (Å²) in [5.41, 5.74) is 6.79. The van der Waals surface area contributed by atoms with E-state index in [0.717, 1.165) is 18.7 Å². The topological polar surface area (TPSA) is 68.2 Å². The molecule has 0 unspecified atom stereocenters. The molecule has 0 radical (unpaired) electrons. The maximum Gasteiger partial charge on any atom is 0.188 e. The van der Waals surface area contributed by atoms with Crippen LogP contribution in [0.4, 0.5) is 0 Å². The van der Waals surface area contributed by atoms with Crippen LogP contribution in [0.15, 0.2) is 17.3 Å². The molecule has 0 saturated carbocycles. The molecule has 1 rings (SSSR count). The summed E-state index contributed by atoms with van der Waals surface area (Å²) >= 11 is 0. The second-order valence-corrected chi connectivity index (χ2v) is 4.26. The van der Waals surface area contributed by atoms with Crippen LogP contribution in [-0.4, -0.2) is 22.3 Å². The molecule has 0 amide bonds. The van der Waals surface area contributed by atoms with E-state index in [-0.39, 0.29) is 24.0 Å². The normalized spacial score (nSPS) is 11.4. The molecule has 0 saturated heterocycles. The number of aromatic nitrogens is 2. The Morgan fingerprint density at radius 2 is 2.29 bits per heavy atom. The van der Waals surface area contributed by atoms with Crippen LogP contribution in [0.5, 0.6) is 0 Å². The van der Waals surface area contributed by atoms with Crippen molar-refractivity contribution in [3.05, 3.63) is 18.0 Å². The van der Waals surface area contributed by atoms with E-state index in [1.165, 1.54) is 0 Å². The van der Waals surface area contributed by atoms with Gasteiger partial charge >= 0.3 is 0 Å². The van der Waals surface area contributed by atoms with Gasteiger partial charge in [-0.3, -0.25) is 4.68 Å². The van der Waals surface area contributed by atoms with Gasteiger partial charge in [0.25, 0.3) is 0 Å². The molecule has 5 nitrogen and oxygen atoms in total. The molecule has 0 bridgehead atoms. The summed E-state index contributed by atoms with van der Waals surface area (Å²) in [6.45, 7) is 5.81. The Hall–Kier alpha value is -0.790. The highest BCUT2D eigenvalue weighted by atomic mass is 127. The van der Waals surface area contributed by atoms with E-state index in [9.17, 15) is 0 Å². The third-order valence-corrected chi connectivity index (χ3v) is 2.36. The van der Waals surface area contributed by atoms with E-state index < -0.39 is 0 Å². The lowest BCUT2D eigenvalue weighted by atomic mass is 10.1. The second-order valence-electron chi connectivity index (χ2n) is 4.26. The van der Waals surface area contributed by atoms with Crippen molar-refractivity contribution in [2.75, 3.05) is 6.54 Å². The summed E-state index contributed by atoms with van der Waals surface area (Å²) in [6, 6.07) is 1.94. The van der Waals surface area contributed by atoms with Crippen molar-refractivity contribution in [3.63, 3.8) is 0 Å². The van der Waals surface area contributed by atoms with Crippen molar-refractivity contribution in [1.82, 2.24) is 15.1 Å². The highest BCUT2D eigenvalue weighted by Gasteiger charge is 1.98. The summed E-state index contributed by atoms with van der Waals surface area (Å²) in [5, 5.41) is 7.16. The predicted octanol–water partition coefficient (Wildman–Crippen LogP) is 1.49. The van der Waals surface area contributed by atoms with Crippen molar-refractivity contribution in [1.29, 1.82) is 0 Å². The zero-order chi connectivity index (χ0) is 12.0. The van der Waals surface area contributed by atoms with Crippen molar-refractivity contribution < 1.29 is 0 Å². The number of nitrogens with zero attached hydrogens (tertiary/aromatic N) is 3. The van der Waals surface area contributed by atoms with Crippen LogP contribution in [0, 0.1) is 5.92 Å². The summed E-state index contributed by atoms with van der Waals surface area (Å²) in [4.78, 5) is 4.25. The number of nitrogens with two attached hydrogens (primary N) is 1. The third-order valence-electron chi connectivity index (χ3n) is 2.36. The Labute approximate surface area is 120 Å². The zero-order valence-electron chi connectivity index (χ0n) is 10.7. The lowest BCUT2D eigenvalue weighted by Gasteiger charge is -2.07. The van der Waals surface area contributed by atoms with Crippen LogP contribution in [0.3, 0.4) is 0 Å². The van der Waals surface area contributed by atoms with Crippen LogP contribution in [-0.2, 0) is 13.6 Å². The first kappa shape index (κ1) is 16.2. The molecule has 0 spiro atoms. The van der Waals surface area contributed by atoms with Crippen LogP contribution in [0.2, 0.25) is 0 Å². The molecule has 1 aromatic heterocycles. The fourth-order valence-electron chi connectivity index (χ4n) is 1.27. The van der Waals surface area contributed by atoms with Gasteiger partial charge in [-0.2, -0.15) is 5.10 Å². The van der Waals surface area contributed by atoms with Gasteiger partial charge in [-0.15, -0.1) is 24.0 Å². The van der Waals surface area contributed by atoms with Gasteiger partial charge in [-0.1, -0.05) is 13.8 Å². The number of halogens is 1. The van der Waals surface area contributed by atoms with Crippen LogP contribution in [0.1, 0.15) is 26.0 Å². The largest absolute Gasteiger partial charge is 0.370 e. The van der Waals surface area contributed by atoms with Gasteiger partial charge in [0.2, 0.25) is 0 Å². The summed E-state index contributed by atoms with van der Waals surface area (Å²) in [6.07, 6.45) is 2.86. The highest BCUT2D eigenvalue weighted by molar-refractivity contribution is 14.0. The Kier molecular flexibility index (Phi) is 7.94. The minimum absolute atomic E-state index is 0. The van der Waals surface area contributed by atoms with Gasteiger partial charge in [0.05, 0.1) is 12.2 Å². The molecule has 98 valence electrons. The number of aryl methyl sites for hydroxylation is 1. The molecule has 0 atom stereocenters. The van der Waals surface area contributed by atoms with Crippen molar-refractivity contribution in [2.24, 2.45) is 23.7 Å². The van der Waals surface area contributed by atoms with E-state index in [4.69, 9.17) is 5.73 Å². The van der Waals surface area contributed by atoms with E-state index in [1.807, 2.05) is 13.1 Å². The van der Waals surface area contributed by atoms with E-state index in [2.05, 4.69) is 29.3 Å². The first-order valence-corrected chi connectivity index (χ1v) is 5.60. The monoisotopic (exact) mass is 351 g/mol. The Bertz CT molecular complexity index is 345. The van der Waals surface area contributed by atoms with Gasteiger partial charge in [-0.05, 0) is 18.4 Å². The Balaban J connectivity index is 0.00000256.